The lowest BCUT2D eigenvalue weighted by Crippen LogP contribution is -2.47. The van der Waals surface area contributed by atoms with Crippen molar-refractivity contribution in [1.29, 1.82) is 0 Å². The molecular formula is C6H13NOS. The number of ether oxygens (including phenoxy) is 1. The topological polar surface area (TPSA) is 12.5 Å². The fourth-order valence-corrected chi connectivity index (χ4v) is 0.931. The van der Waals surface area contributed by atoms with E-state index in [4.69, 9.17) is 4.74 Å². The molecule has 0 aromatic heterocycles. The molecule has 0 N–H and O–H groups in total. The largest absolute Gasteiger partial charge is 0.378 e. The van der Waals surface area contributed by atoms with E-state index in [2.05, 4.69) is 26.7 Å². The first kappa shape index (κ1) is 7.38. The first-order valence-corrected chi connectivity index (χ1v) is 3.66. The van der Waals surface area contributed by atoms with Gasteiger partial charge in [-0.05, 0) is 13.8 Å². The van der Waals surface area contributed by atoms with E-state index in [1.807, 2.05) is 4.31 Å². The molecule has 0 atom stereocenters. The Hall–Kier alpha value is 0.270. The van der Waals surface area contributed by atoms with Crippen molar-refractivity contribution in [2.24, 2.45) is 0 Å². The van der Waals surface area contributed by atoms with Gasteiger partial charge in [-0.25, -0.2) is 4.31 Å². The monoisotopic (exact) mass is 147 g/mol. The van der Waals surface area contributed by atoms with Crippen LogP contribution in [-0.4, -0.2) is 29.6 Å². The van der Waals surface area contributed by atoms with Crippen molar-refractivity contribution in [3.05, 3.63) is 0 Å². The molecule has 0 aromatic carbocycles. The van der Waals surface area contributed by atoms with Crippen molar-refractivity contribution in [2.75, 3.05) is 13.2 Å². The summed E-state index contributed by atoms with van der Waals surface area (Å²) in [6.45, 7) is 5.96. The van der Waals surface area contributed by atoms with E-state index >= 15 is 0 Å². The van der Waals surface area contributed by atoms with Crippen molar-refractivity contribution in [3.8, 4) is 0 Å². The van der Waals surface area contributed by atoms with Crippen molar-refractivity contribution in [3.63, 3.8) is 0 Å². The summed E-state index contributed by atoms with van der Waals surface area (Å²) in [5, 5.41) is 0. The normalized spacial score (nSPS) is 21.0. The molecule has 0 saturated carbocycles. The van der Waals surface area contributed by atoms with Crippen molar-refractivity contribution in [1.82, 2.24) is 4.31 Å². The Balaban J connectivity index is 2.23. The van der Waals surface area contributed by atoms with Crippen molar-refractivity contribution < 1.29 is 4.74 Å². The van der Waals surface area contributed by atoms with Crippen LogP contribution in [0.1, 0.15) is 13.8 Å². The van der Waals surface area contributed by atoms with Crippen molar-refractivity contribution in [2.45, 2.75) is 25.9 Å². The van der Waals surface area contributed by atoms with Crippen LogP contribution >= 0.6 is 12.8 Å². The lowest BCUT2D eigenvalue weighted by atomic mass is 10.2. The molecular weight excluding hydrogens is 134 g/mol. The Bertz CT molecular complexity index is 93.1. The molecule has 0 spiro atoms. The average Bonchev–Trinajstić information content (AvgIpc) is 1.60. The molecule has 0 radical (unpaired) electrons. The molecule has 0 unspecified atom stereocenters. The zero-order valence-corrected chi connectivity index (χ0v) is 6.77. The molecule has 1 saturated heterocycles. The second-order valence-corrected chi connectivity index (χ2v) is 3.13. The molecule has 0 aliphatic carbocycles. The minimum absolute atomic E-state index is 0.516. The smallest absolute Gasteiger partial charge is 0.0670 e. The highest BCUT2D eigenvalue weighted by atomic mass is 32.1. The molecule has 0 bridgehead atoms. The molecule has 1 fully saturated rings. The summed E-state index contributed by atoms with van der Waals surface area (Å²) >= 11 is 4.30. The van der Waals surface area contributed by atoms with Crippen LogP contribution in [0.5, 0.6) is 0 Å². The molecule has 3 heteroatoms. The molecule has 54 valence electrons. The zero-order chi connectivity index (χ0) is 6.85. The third-order valence-corrected chi connectivity index (χ3v) is 2.31. The van der Waals surface area contributed by atoms with Gasteiger partial charge in [-0.15, -0.1) is 0 Å². The summed E-state index contributed by atoms with van der Waals surface area (Å²) in [6.07, 6.45) is 0. The molecule has 1 rings (SSSR count). The maximum absolute atomic E-state index is 5.02. The van der Waals surface area contributed by atoms with Gasteiger partial charge in [0.05, 0.1) is 19.3 Å². The number of hydrogen-bond donors (Lipinski definition) is 1. The quantitative estimate of drug-likeness (QED) is 0.584. The molecule has 1 aliphatic heterocycles. The van der Waals surface area contributed by atoms with Crippen LogP contribution in [0.25, 0.3) is 0 Å². The number of rotatable bonds is 2. The van der Waals surface area contributed by atoms with E-state index in [0.717, 1.165) is 13.2 Å². The number of nitrogens with zero attached hydrogens (tertiary/aromatic N) is 1. The highest BCUT2D eigenvalue weighted by Crippen LogP contribution is 2.15. The minimum atomic E-state index is 0.516. The van der Waals surface area contributed by atoms with Gasteiger partial charge in [-0.3, -0.25) is 0 Å². The average molecular weight is 147 g/mol. The Labute approximate surface area is 61.7 Å². The third-order valence-electron chi connectivity index (χ3n) is 1.52. The van der Waals surface area contributed by atoms with Gasteiger partial charge in [0.15, 0.2) is 0 Å². The van der Waals surface area contributed by atoms with E-state index in [0.29, 0.717) is 12.1 Å². The first-order chi connectivity index (χ1) is 4.22. The van der Waals surface area contributed by atoms with Gasteiger partial charge >= 0.3 is 0 Å². The highest BCUT2D eigenvalue weighted by Gasteiger charge is 2.25. The highest BCUT2D eigenvalue weighted by molar-refractivity contribution is 7.77. The maximum atomic E-state index is 5.02. The van der Waals surface area contributed by atoms with Crippen LogP contribution in [0.2, 0.25) is 0 Å². The van der Waals surface area contributed by atoms with Crippen LogP contribution in [0.4, 0.5) is 0 Å². The van der Waals surface area contributed by atoms with E-state index in [9.17, 15) is 0 Å². The third kappa shape index (κ3) is 1.60. The molecule has 2 nitrogen and oxygen atoms in total. The van der Waals surface area contributed by atoms with Gasteiger partial charge in [0.2, 0.25) is 0 Å². The Morgan fingerprint density at radius 3 is 2.22 bits per heavy atom. The standard InChI is InChI=1S/C6H13NOS/c1-5(2)7(9)6-3-8-4-6/h5-6,9H,3-4H2,1-2H3. The second kappa shape index (κ2) is 2.90. The summed E-state index contributed by atoms with van der Waals surface area (Å²) in [5.41, 5.74) is 0. The Morgan fingerprint density at radius 2 is 2.11 bits per heavy atom. The lowest BCUT2D eigenvalue weighted by molar-refractivity contribution is -0.0394. The molecule has 0 amide bonds. The van der Waals surface area contributed by atoms with Crippen LogP contribution in [0.3, 0.4) is 0 Å². The van der Waals surface area contributed by atoms with E-state index in [1.54, 1.807) is 0 Å². The van der Waals surface area contributed by atoms with Crippen LogP contribution in [-0.2, 0) is 4.74 Å². The van der Waals surface area contributed by atoms with Crippen LogP contribution in [0, 0.1) is 0 Å². The summed E-state index contributed by atoms with van der Waals surface area (Å²) in [5.74, 6) is 0. The molecule has 1 aliphatic rings. The van der Waals surface area contributed by atoms with Gasteiger partial charge in [0.25, 0.3) is 0 Å². The lowest BCUT2D eigenvalue weighted by Gasteiger charge is -2.35. The fraction of sp³-hybridized carbons (Fsp3) is 1.00. The summed E-state index contributed by atoms with van der Waals surface area (Å²) in [4.78, 5) is 0. The second-order valence-electron chi connectivity index (χ2n) is 2.67. The van der Waals surface area contributed by atoms with E-state index in [-0.39, 0.29) is 0 Å². The Kier molecular flexibility index (Phi) is 2.38. The summed E-state index contributed by atoms with van der Waals surface area (Å²) < 4.78 is 7.06. The van der Waals surface area contributed by atoms with Crippen LogP contribution < -0.4 is 0 Å². The first-order valence-electron chi connectivity index (χ1n) is 3.26. The van der Waals surface area contributed by atoms with Gasteiger partial charge in [0.1, 0.15) is 0 Å². The molecule has 9 heavy (non-hydrogen) atoms. The number of thiol groups is 1. The van der Waals surface area contributed by atoms with Crippen LogP contribution in [0.15, 0.2) is 0 Å². The minimum Gasteiger partial charge on any atom is -0.378 e. The predicted octanol–water partition coefficient (Wildman–Crippen LogP) is 0.940. The zero-order valence-electron chi connectivity index (χ0n) is 5.87. The predicted molar refractivity (Wildman–Crippen MR) is 40.6 cm³/mol. The number of hydrogen-bond acceptors (Lipinski definition) is 3. The maximum Gasteiger partial charge on any atom is 0.0670 e. The summed E-state index contributed by atoms with van der Waals surface area (Å²) in [6, 6.07) is 1.07. The van der Waals surface area contributed by atoms with Gasteiger partial charge in [0, 0.05) is 6.04 Å². The molecule has 1 heterocycles. The van der Waals surface area contributed by atoms with E-state index < -0.39 is 0 Å². The molecule has 0 aromatic rings. The summed E-state index contributed by atoms with van der Waals surface area (Å²) in [7, 11) is 0. The Morgan fingerprint density at radius 1 is 1.56 bits per heavy atom. The fourth-order valence-electron chi connectivity index (χ4n) is 0.798. The van der Waals surface area contributed by atoms with E-state index in [1.165, 1.54) is 0 Å². The van der Waals surface area contributed by atoms with Gasteiger partial charge < -0.3 is 4.74 Å². The van der Waals surface area contributed by atoms with Gasteiger partial charge in [-0.2, -0.15) is 0 Å². The van der Waals surface area contributed by atoms with Crippen molar-refractivity contribution >= 4 is 12.8 Å². The van der Waals surface area contributed by atoms with Gasteiger partial charge in [-0.1, -0.05) is 12.8 Å². The SMILES string of the molecule is CC(C)N(S)C1COC1.